The van der Waals surface area contributed by atoms with Crippen LogP contribution in [0.1, 0.15) is 41.6 Å². The van der Waals surface area contributed by atoms with Crippen molar-refractivity contribution in [1.82, 2.24) is 39.5 Å². The lowest BCUT2D eigenvalue weighted by Gasteiger charge is -2.15. The molecule has 1 fully saturated rings. The molecule has 1 aromatic carbocycles. The summed E-state index contributed by atoms with van der Waals surface area (Å²) < 4.78 is 34.4. The molecule has 0 radical (unpaired) electrons. The average molecular weight is 471 g/mol. The highest BCUT2D eigenvalue weighted by molar-refractivity contribution is 5.92. The van der Waals surface area contributed by atoms with Crippen LogP contribution in [0.5, 0.6) is 0 Å². The quantitative estimate of drug-likeness (QED) is 0.404. The predicted molar refractivity (Wildman–Crippen MR) is 117 cm³/mol. The van der Waals surface area contributed by atoms with E-state index in [1.165, 1.54) is 10.7 Å². The lowest BCUT2D eigenvalue weighted by Crippen LogP contribution is -2.28. The van der Waals surface area contributed by atoms with Crippen molar-refractivity contribution in [2.24, 2.45) is 0 Å². The number of unbranched alkanes of at least 4 members (excludes halogenated alkanes) is 1. The Bertz CT molecular complexity index is 1360. The molecule has 1 amide bonds. The number of aromatic nitrogens is 7. The van der Waals surface area contributed by atoms with E-state index in [2.05, 4.69) is 25.3 Å². The number of fused-ring (bicyclic) bond motifs is 3. The second-order valence-corrected chi connectivity index (χ2v) is 8.27. The number of amides is 1. The summed E-state index contributed by atoms with van der Waals surface area (Å²) in [6.45, 7) is 1.73. The van der Waals surface area contributed by atoms with Gasteiger partial charge in [-0.2, -0.15) is 14.4 Å². The van der Waals surface area contributed by atoms with Crippen LogP contribution < -0.4 is 5.73 Å². The van der Waals surface area contributed by atoms with Crippen molar-refractivity contribution < 1.29 is 18.3 Å². The van der Waals surface area contributed by atoms with Crippen LogP contribution in [0.4, 0.5) is 14.7 Å². The third-order valence-corrected chi connectivity index (χ3v) is 5.81. The Morgan fingerprint density at radius 3 is 2.91 bits per heavy atom. The number of anilines is 1. The van der Waals surface area contributed by atoms with Gasteiger partial charge in [-0.05, 0) is 25.3 Å². The fourth-order valence-electron chi connectivity index (χ4n) is 3.99. The van der Waals surface area contributed by atoms with Crippen molar-refractivity contribution in [1.29, 1.82) is 0 Å². The van der Waals surface area contributed by atoms with Gasteiger partial charge in [-0.25, -0.2) is 18.7 Å². The highest BCUT2D eigenvalue weighted by Crippen LogP contribution is 2.23. The van der Waals surface area contributed by atoms with Gasteiger partial charge in [-0.1, -0.05) is 0 Å². The number of hydrogen-bond acceptors (Lipinski definition) is 8. The van der Waals surface area contributed by atoms with E-state index in [-0.39, 0.29) is 34.4 Å². The van der Waals surface area contributed by atoms with Crippen LogP contribution >= 0.6 is 0 Å². The lowest BCUT2D eigenvalue weighted by molar-refractivity contribution is 0.0785. The van der Waals surface area contributed by atoms with Gasteiger partial charge in [0, 0.05) is 32.7 Å². The molecule has 1 aliphatic rings. The van der Waals surface area contributed by atoms with Crippen LogP contribution in [0.15, 0.2) is 18.3 Å². The third-order valence-electron chi connectivity index (χ3n) is 5.81. The molecular weight excluding hydrogens is 448 g/mol. The second-order valence-electron chi connectivity index (χ2n) is 8.27. The summed E-state index contributed by atoms with van der Waals surface area (Å²) >= 11 is 0. The summed E-state index contributed by atoms with van der Waals surface area (Å²) in [7, 11) is 1.71. The maximum absolute atomic E-state index is 14.1. The molecule has 4 heterocycles. The zero-order valence-electron chi connectivity index (χ0n) is 18.5. The van der Waals surface area contributed by atoms with E-state index in [0.717, 1.165) is 18.6 Å². The number of hydrogen-bond donors (Lipinski definition) is 1. The summed E-state index contributed by atoms with van der Waals surface area (Å²) in [5, 5.41) is 13.0. The van der Waals surface area contributed by atoms with E-state index in [0.29, 0.717) is 50.5 Å². The molecule has 1 unspecified atom stereocenters. The van der Waals surface area contributed by atoms with Crippen LogP contribution in [-0.4, -0.2) is 72.2 Å². The Kier molecular flexibility index (Phi) is 5.77. The van der Waals surface area contributed by atoms with Crippen molar-refractivity contribution in [3.8, 4) is 0 Å². The van der Waals surface area contributed by atoms with Gasteiger partial charge in [0.2, 0.25) is 5.95 Å². The minimum Gasteiger partial charge on any atom is -0.379 e. The van der Waals surface area contributed by atoms with Gasteiger partial charge < -0.3 is 15.4 Å². The average Bonchev–Trinajstić information content (AvgIpc) is 3.57. The molecule has 0 saturated carbocycles. The molecule has 1 aliphatic heterocycles. The molecule has 2 N–H and O–H groups in total. The zero-order valence-corrected chi connectivity index (χ0v) is 18.5. The highest BCUT2D eigenvalue weighted by Gasteiger charge is 2.22. The van der Waals surface area contributed by atoms with Gasteiger partial charge in [0.1, 0.15) is 11.3 Å². The largest absolute Gasteiger partial charge is 0.379 e. The Labute approximate surface area is 192 Å². The fraction of sp³-hybridized carbons (Fsp3) is 0.429. The standard InChI is InChI=1S/C21H23F2N9O2/c1-30(20(33)16-10-25-32(28-16)13-5-7-34-11-13)6-3-2-4-17-26-19-14-8-12(22)9-15(23)18(14)27-21(24)31(19)29-17/h8-10,13H,2-7,11H2,1H3,(H2,24,27). The molecule has 1 saturated heterocycles. The first-order valence-corrected chi connectivity index (χ1v) is 11.0. The zero-order chi connectivity index (χ0) is 23.8. The minimum atomic E-state index is -0.807. The van der Waals surface area contributed by atoms with Gasteiger partial charge in [0.15, 0.2) is 23.0 Å². The summed E-state index contributed by atoms with van der Waals surface area (Å²) in [4.78, 5) is 24.2. The molecule has 0 bridgehead atoms. The first-order valence-electron chi connectivity index (χ1n) is 11.0. The van der Waals surface area contributed by atoms with Crippen LogP contribution in [0, 0.1) is 11.6 Å². The van der Waals surface area contributed by atoms with Crippen molar-refractivity contribution >= 4 is 28.4 Å². The predicted octanol–water partition coefficient (Wildman–Crippen LogP) is 1.79. The maximum atomic E-state index is 14.1. The van der Waals surface area contributed by atoms with Crippen LogP contribution in [0.3, 0.4) is 0 Å². The normalized spacial score (nSPS) is 16.0. The molecule has 13 heteroatoms. The Morgan fingerprint density at radius 1 is 1.26 bits per heavy atom. The Hall–Kier alpha value is -3.74. The van der Waals surface area contributed by atoms with Crippen LogP contribution in [-0.2, 0) is 11.2 Å². The molecular formula is C21H23F2N9O2. The van der Waals surface area contributed by atoms with Crippen molar-refractivity contribution in [3.63, 3.8) is 0 Å². The van der Waals surface area contributed by atoms with E-state index in [4.69, 9.17) is 10.5 Å². The fourth-order valence-corrected chi connectivity index (χ4v) is 3.99. The third kappa shape index (κ3) is 4.14. The molecule has 0 aliphatic carbocycles. The molecule has 0 spiro atoms. The summed E-state index contributed by atoms with van der Waals surface area (Å²) in [6.07, 6.45) is 4.19. The van der Waals surface area contributed by atoms with Crippen molar-refractivity contribution in [2.45, 2.75) is 31.7 Å². The van der Waals surface area contributed by atoms with Crippen LogP contribution in [0.2, 0.25) is 0 Å². The van der Waals surface area contributed by atoms with E-state index in [1.54, 1.807) is 16.7 Å². The first-order chi connectivity index (χ1) is 16.4. The number of nitrogens with zero attached hydrogens (tertiary/aromatic N) is 8. The highest BCUT2D eigenvalue weighted by atomic mass is 19.1. The number of rotatable bonds is 7. The Balaban J connectivity index is 1.20. The number of nitrogens with two attached hydrogens (primary N) is 1. The molecule has 4 aromatic rings. The molecule has 5 rings (SSSR count). The van der Waals surface area contributed by atoms with E-state index in [1.807, 2.05) is 0 Å². The molecule has 34 heavy (non-hydrogen) atoms. The van der Waals surface area contributed by atoms with Gasteiger partial charge in [0.05, 0.1) is 24.2 Å². The summed E-state index contributed by atoms with van der Waals surface area (Å²) in [5.41, 5.74) is 6.39. The van der Waals surface area contributed by atoms with Gasteiger partial charge in [-0.15, -0.1) is 10.2 Å². The molecule has 3 aromatic heterocycles. The van der Waals surface area contributed by atoms with Gasteiger partial charge in [0.25, 0.3) is 5.91 Å². The first kappa shape index (κ1) is 22.1. The maximum Gasteiger partial charge on any atom is 0.275 e. The number of halogens is 2. The number of benzene rings is 1. The van der Waals surface area contributed by atoms with Crippen molar-refractivity contribution in [2.75, 3.05) is 32.5 Å². The number of aryl methyl sites for hydroxylation is 1. The Morgan fingerprint density at radius 2 is 2.12 bits per heavy atom. The SMILES string of the molecule is CN(CCCCc1nc2c3cc(F)cc(F)c3nc(N)n2n1)C(=O)c1cnn(C2CCOC2)n1. The second kappa shape index (κ2) is 8.89. The number of nitrogen functional groups attached to an aromatic ring is 1. The van der Waals surface area contributed by atoms with E-state index >= 15 is 0 Å². The van der Waals surface area contributed by atoms with E-state index < -0.39 is 11.6 Å². The number of ether oxygens (including phenoxy) is 1. The smallest absolute Gasteiger partial charge is 0.275 e. The molecule has 11 nitrogen and oxygen atoms in total. The summed E-state index contributed by atoms with van der Waals surface area (Å²) in [5.74, 6) is -1.30. The van der Waals surface area contributed by atoms with E-state index in [9.17, 15) is 13.6 Å². The number of carbonyl (C=O) groups excluding carboxylic acids is 1. The lowest BCUT2D eigenvalue weighted by atomic mass is 10.2. The summed E-state index contributed by atoms with van der Waals surface area (Å²) in [6, 6.07) is 1.98. The van der Waals surface area contributed by atoms with Gasteiger partial charge >= 0.3 is 0 Å². The molecule has 178 valence electrons. The monoisotopic (exact) mass is 471 g/mol. The minimum absolute atomic E-state index is 0.0331. The van der Waals surface area contributed by atoms with Crippen molar-refractivity contribution in [3.05, 3.63) is 41.5 Å². The van der Waals surface area contributed by atoms with Crippen LogP contribution in [0.25, 0.3) is 16.6 Å². The number of carbonyl (C=O) groups is 1. The molecule has 1 atom stereocenters. The topological polar surface area (TPSA) is 129 Å². The van der Waals surface area contributed by atoms with Gasteiger partial charge in [-0.3, -0.25) is 4.79 Å².